The fourth-order valence-corrected chi connectivity index (χ4v) is 3.62. The van der Waals surface area contributed by atoms with E-state index in [0.717, 1.165) is 12.8 Å². The Labute approximate surface area is 136 Å². The maximum absolute atomic E-state index is 12.3. The number of carboxylic acids is 1. The van der Waals surface area contributed by atoms with Crippen LogP contribution in [-0.4, -0.2) is 44.0 Å². The quantitative estimate of drug-likeness (QED) is 0.909. The van der Waals surface area contributed by atoms with Crippen molar-refractivity contribution in [1.29, 1.82) is 0 Å². The van der Waals surface area contributed by atoms with E-state index in [-0.39, 0.29) is 24.4 Å². The van der Waals surface area contributed by atoms with E-state index in [0.29, 0.717) is 23.2 Å². The van der Waals surface area contributed by atoms with E-state index in [1.54, 1.807) is 11.4 Å². The third-order valence-corrected chi connectivity index (χ3v) is 4.95. The zero-order valence-corrected chi connectivity index (χ0v) is 13.3. The summed E-state index contributed by atoms with van der Waals surface area (Å²) >= 11 is 1.40. The number of thiophene rings is 1. The SMILES string of the molecule is O=C(O)C1CCCCN1C(=O)CCn1cnc2sccc2c1=O. The zero-order valence-electron chi connectivity index (χ0n) is 12.5. The number of carboxylic acid groups (broad SMARTS) is 1. The lowest BCUT2D eigenvalue weighted by atomic mass is 10.0. The molecule has 1 aliphatic heterocycles. The van der Waals surface area contributed by atoms with Gasteiger partial charge in [-0.15, -0.1) is 11.3 Å². The Hall–Kier alpha value is -2.22. The summed E-state index contributed by atoms with van der Waals surface area (Å²) in [4.78, 5) is 42.2. The minimum Gasteiger partial charge on any atom is -0.480 e. The van der Waals surface area contributed by atoms with E-state index >= 15 is 0 Å². The highest BCUT2D eigenvalue weighted by atomic mass is 32.1. The number of aliphatic carboxylic acids is 1. The van der Waals surface area contributed by atoms with Gasteiger partial charge >= 0.3 is 5.97 Å². The fourth-order valence-electron chi connectivity index (χ4n) is 2.90. The highest BCUT2D eigenvalue weighted by molar-refractivity contribution is 7.16. The first kappa shape index (κ1) is 15.7. The van der Waals surface area contributed by atoms with Crippen molar-refractivity contribution >= 4 is 33.4 Å². The van der Waals surface area contributed by atoms with E-state index in [9.17, 15) is 19.5 Å². The van der Waals surface area contributed by atoms with Crippen molar-refractivity contribution < 1.29 is 14.7 Å². The summed E-state index contributed by atoms with van der Waals surface area (Å²) < 4.78 is 1.41. The lowest BCUT2D eigenvalue weighted by Crippen LogP contribution is -2.48. The number of likely N-dealkylation sites (tertiary alicyclic amines) is 1. The third-order valence-electron chi connectivity index (χ3n) is 4.13. The molecule has 0 bridgehead atoms. The number of nitrogens with zero attached hydrogens (tertiary/aromatic N) is 3. The summed E-state index contributed by atoms with van der Waals surface area (Å²) in [5.74, 6) is -1.19. The predicted molar refractivity (Wildman–Crippen MR) is 85.5 cm³/mol. The molecular formula is C15H17N3O4S. The molecule has 1 fully saturated rings. The van der Waals surface area contributed by atoms with Gasteiger partial charge in [0.2, 0.25) is 5.91 Å². The van der Waals surface area contributed by atoms with Crippen LogP contribution < -0.4 is 5.56 Å². The van der Waals surface area contributed by atoms with Crippen LogP contribution in [0.3, 0.4) is 0 Å². The largest absolute Gasteiger partial charge is 0.480 e. The molecule has 122 valence electrons. The van der Waals surface area contributed by atoms with Gasteiger partial charge in [-0.3, -0.25) is 14.2 Å². The number of carbonyl (C=O) groups excluding carboxylic acids is 1. The molecule has 0 aliphatic carbocycles. The van der Waals surface area contributed by atoms with Gasteiger partial charge in [-0.2, -0.15) is 0 Å². The number of hydrogen-bond acceptors (Lipinski definition) is 5. The van der Waals surface area contributed by atoms with Gasteiger partial charge in [-0.05, 0) is 30.7 Å². The Morgan fingerprint density at radius 2 is 2.22 bits per heavy atom. The van der Waals surface area contributed by atoms with E-state index in [1.165, 1.54) is 27.1 Å². The molecule has 1 amide bonds. The highest BCUT2D eigenvalue weighted by Gasteiger charge is 2.31. The summed E-state index contributed by atoms with van der Waals surface area (Å²) in [5, 5.41) is 11.6. The minimum absolute atomic E-state index is 0.0982. The van der Waals surface area contributed by atoms with Crippen LogP contribution in [0.2, 0.25) is 0 Å². The number of rotatable bonds is 4. The van der Waals surface area contributed by atoms with Crippen molar-refractivity contribution in [3.8, 4) is 0 Å². The van der Waals surface area contributed by atoms with Gasteiger partial charge in [0.1, 0.15) is 10.9 Å². The van der Waals surface area contributed by atoms with Crippen LogP contribution in [0.15, 0.2) is 22.6 Å². The van der Waals surface area contributed by atoms with Gasteiger partial charge in [0.05, 0.1) is 11.7 Å². The molecule has 1 unspecified atom stereocenters. The summed E-state index contributed by atoms with van der Waals surface area (Å²) in [7, 11) is 0. The second-order valence-corrected chi connectivity index (χ2v) is 6.46. The summed E-state index contributed by atoms with van der Waals surface area (Å²) in [6.45, 7) is 0.672. The Morgan fingerprint density at radius 3 is 3.00 bits per heavy atom. The van der Waals surface area contributed by atoms with Crippen molar-refractivity contribution in [1.82, 2.24) is 14.5 Å². The molecule has 8 heteroatoms. The first-order valence-electron chi connectivity index (χ1n) is 7.53. The van der Waals surface area contributed by atoms with E-state index in [4.69, 9.17) is 0 Å². The van der Waals surface area contributed by atoms with Gasteiger partial charge < -0.3 is 10.0 Å². The minimum atomic E-state index is -0.962. The van der Waals surface area contributed by atoms with Crippen LogP contribution >= 0.6 is 11.3 Å². The Bertz CT molecular complexity index is 797. The number of amides is 1. The fraction of sp³-hybridized carbons (Fsp3) is 0.467. The van der Waals surface area contributed by atoms with E-state index in [1.807, 2.05) is 0 Å². The predicted octanol–water partition coefficient (Wildman–Crippen LogP) is 1.31. The maximum Gasteiger partial charge on any atom is 0.326 e. The van der Waals surface area contributed by atoms with Crippen LogP contribution in [0.25, 0.3) is 10.2 Å². The molecule has 1 atom stereocenters. The number of fused-ring (bicyclic) bond motifs is 1. The highest BCUT2D eigenvalue weighted by Crippen LogP contribution is 2.18. The number of aryl methyl sites for hydroxylation is 1. The second kappa shape index (κ2) is 6.49. The monoisotopic (exact) mass is 335 g/mol. The van der Waals surface area contributed by atoms with E-state index < -0.39 is 12.0 Å². The van der Waals surface area contributed by atoms with Crippen molar-refractivity contribution in [3.05, 3.63) is 28.1 Å². The molecular weight excluding hydrogens is 318 g/mol. The normalized spacial score (nSPS) is 18.3. The summed E-state index contributed by atoms with van der Waals surface area (Å²) in [6.07, 6.45) is 3.67. The van der Waals surface area contributed by atoms with Crippen molar-refractivity contribution in [2.24, 2.45) is 0 Å². The van der Waals surface area contributed by atoms with Gasteiger partial charge in [0, 0.05) is 19.5 Å². The molecule has 1 saturated heterocycles. The van der Waals surface area contributed by atoms with Crippen molar-refractivity contribution in [3.63, 3.8) is 0 Å². The van der Waals surface area contributed by atoms with Crippen molar-refractivity contribution in [2.45, 2.75) is 38.3 Å². The molecule has 1 N–H and O–H groups in total. The van der Waals surface area contributed by atoms with Crippen LogP contribution in [0.5, 0.6) is 0 Å². The number of carbonyl (C=O) groups is 2. The number of hydrogen-bond donors (Lipinski definition) is 1. The molecule has 23 heavy (non-hydrogen) atoms. The van der Waals surface area contributed by atoms with E-state index in [2.05, 4.69) is 4.98 Å². The Morgan fingerprint density at radius 1 is 1.39 bits per heavy atom. The molecule has 3 rings (SSSR count). The van der Waals surface area contributed by atoms with Gasteiger partial charge in [-0.25, -0.2) is 9.78 Å². The molecule has 0 radical (unpaired) electrons. The van der Waals surface area contributed by atoms with Gasteiger partial charge in [0.25, 0.3) is 5.56 Å². The molecule has 2 aromatic rings. The number of piperidine rings is 1. The smallest absolute Gasteiger partial charge is 0.326 e. The Kier molecular flexibility index (Phi) is 4.42. The molecule has 0 spiro atoms. The molecule has 0 aromatic carbocycles. The number of aromatic nitrogens is 2. The average Bonchev–Trinajstić information content (AvgIpc) is 3.03. The summed E-state index contributed by atoms with van der Waals surface area (Å²) in [6, 6.07) is 0.976. The maximum atomic E-state index is 12.3. The third kappa shape index (κ3) is 3.12. The van der Waals surface area contributed by atoms with Gasteiger partial charge in [-0.1, -0.05) is 0 Å². The molecule has 7 nitrogen and oxygen atoms in total. The standard InChI is InChI=1S/C15H17N3O4S/c19-12(18-6-2-1-3-11(18)15(21)22)4-7-17-9-16-13-10(14(17)20)5-8-23-13/h5,8-9,11H,1-4,6-7H2,(H,21,22). The first-order chi connectivity index (χ1) is 11.1. The van der Waals surface area contributed by atoms with Crippen LogP contribution in [0, 0.1) is 0 Å². The van der Waals surface area contributed by atoms with Crippen molar-refractivity contribution in [2.75, 3.05) is 6.54 Å². The zero-order chi connectivity index (χ0) is 16.4. The lowest BCUT2D eigenvalue weighted by Gasteiger charge is -2.33. The van der Waals surface area contributed by atoms with Crippen LogP contribution in [-0.2, 0) is 16.1 Å². The second-order valence-electron chi connectivity index (χ2n) is 5.57. The lowest BCUT2D eigenvalue weighted by molar-refractivity contribution is -0.152. The Balaban J connectivity index is 1.71. The first-order valence-corrected chi connectivity index (χ1v) is 8.41. The van der Waals surface area contributed by atoms with Gasteiger partial charge in [0.15, 0.2) is 0 Å². The molecule has 3 heterocycles. The molecule has 0 saturated carbocycles. The average molecular weight is 335 g/mol. The summed E-state index contributed by atoms with van der Waals surface area (Å²) in [5.41, 5.74) is -0.169. The molecule has 1 aliphatic rings. The molecule has 2 aromatic heterocycles. The van der Waals surface area contributed by atoms with Crippen LogP contribution in [0.4, 0.5) is 0 Å². The van der Waals surface area contributed by atoms with Crippen LogP contribution in [0.1, 0.15) is 25.7 Å². The topological polar surface area (TPSA) is 92.5 Å².